The fourth-order valence-electron chi connectivity index (χ4n) is 1.09. The summed E-state index contributed by atoms with van der Waals surface area (Å²) in [4.78, 5) is 3.86. The fraction of sp³-hybridized carbons (Fsp3) is 0.444. The average Bonchev–Trinajstić information content (AvgIpc) is 2.25. The van der Waals surface area contributed by atoms with E-state index < -0.39 is 10.0 Å². The Morgan fingerprint density at radius 3 is 2.60 bits per heavy atom. The smallest absolute Gasteiger partial charge is 0.211 e. The van der Waals surface area contributed by atoms with Crippen molar-refractivity contribution in [2.45, 2.75) is 6.42 Å². The van der Waals surface area contributed by atoms with E-state index in [1.807, 2.05) is 0 Å². The molecule has 0 bridgehead atoms. The minimum atomic E-state index is -3.19. The Labute approximate surface area is 89.8 Å². The Balaban J connectivity index is 2.43. The van der Waals surface area contributed by atoms with Crippen molar-refractivity contribution < 1.29 is 8.42 Å². The molecule has 0 aromatic carbocycles. The molecule has 0 unspecified atom stereocenters. The first-order valence-corrected chi connectivity index (χ1v) is 6.35. The van der Waals surface area contributed by atoms with Crippen molar-refractivity contribution >= 4 is 10.0 Å². The van der Waals surface area contributed by atoms with E-state index in [1.165, 1.54) is 0 Å². The molecule has 15 heavy (non-hydrogen) atoms. The van der Waals surface area contributed by atoms with Crippen molar-refractivity contribution in [3.05, 3.63) is 30.1 Å². The second kappa shape index (κ2) is 5.79. The number of hydrogen-bond acceptors (Lipinski definition) is 4. The van der Waals surface area contributed by atoms with Crippen LogP contribution in [0.3, 0.4) is 0 Å². The topological polar surface area (TPSA) is 85.1 Å². The van der Waals surface area contributed by atoms with Crippen LogP contribution in [0.1, 0.15) is 5.56 Å². The van der Waals surface area contributed by atoms with E-state index in [0.29, 0.717) is 19.5 Å². The summed E-state index contributed by atoms with van der Waals surface area (Å²) < 4.78 is 25.2. The lowest BCUT2D eigenvalue weighted by molar-refractivity contribution is 0.581. The molecular weight excluding hydrogens is 214 g/mol. The molecular formula is C9H15N3O2S. The Kier molecular flexibility index (Phi) is 4.67. The van der Waals surface area contributed by atoms with Gasteiger partial charge in [0.2, 0.25) is 10.0 Å². The predicted molar refractivity (Wildman–Crippen MR) is 58.8 cm³/mol. The quantitative estimate of drug-likeness (QED) is 0.689. The van der Waals surface area contributed by atoms with Crippen LogP contribution in [-0.2, 0) is 16.4 Å². The van der Waals surface area contributed by atoms with Crippen LogP contribution in [0.2, 0.25) is 0 Å². The standard InChI is InChI=1S/C9H15N3O2S/c10-4-7-12-15(13,14)8-3-9-1-5-11-6-2-9/h1-2,5-6,12H,3-4,7-8,10H2. The first-order chi connectivity index (χ1) is 7.14. The molecule has 0 saturated heterocycles. The summed E-state index contributed by atoms with van der Waals surface area (Å²) in [6.45, 7) is 0.604. The zero-order chi connectivity index (χ0) is 11.1. The van der Waals surface area contributed by atoms with Crippen LogP contribution >= 0.6 is 0 Å². The summed E-state index contributed by atoms with van der Waals surface area (Å²) in [6.07, 6.45) is 3.78. The van der Waals surface area contributed by atoms with Gasteiger partial charge in [0.1, 0.15) is 0 Å². The maximum Gasteiger partial charge on any atom is 0.211 e. The van der Waals surface area contributed by atoms with Crippen LogP contribution in [0.5, 0.6) is 0 Å². The van der Waals surface area contributed by atoms with Gasteiger partial charge in [0.05, 0.1) is 5.75 Å². The van der Waals surface area contributed by atoms with E-state index >= 15 is 0 Å². The highest BCUT2D eigenvalue weighted by Gasteiger charge is 2.08. The Bertz CT molecular complexity index is 378. The molecule has 0 aliphatic rings. The number of hydrogen-bond donors (Lipinski definition) is 2. The van der Waals surface area contributed by atoms with Crippen molar-refractivity contribution in [3.63, 3.8) is 0 Å². The number of nitrogens with zero attached hydrogens (tertiary/aromatic N) is 1. The molecule has 84 valence electrons. The highest BCUT2D eigenvalue weighted by Crippen LogP contribution is 1.99. The molecule has 3 N–H and O–H groups in total. The molecule has 0 aliphatic carbocycles. The third-order valence-corrected chi connectivity index (χ3v) is 3.26. The van der Waals surface area contributed by atoms with Gasteiger partial charge in [-0.15, -0.1) is 0 Å². The van der Waals surface area contributed by atoms with Crippen LogP contribution in [0.4, 0.5) is 0 Å². The van der Waals surface area contributed by atoms with Crippen molar-refractivity contribution in [3.8, 4) is 0 Å². The predicted octanol–water partition coefficient (Wildman–Crippen LogP) is -0.498. The summed E-state index contributed by atoms with van der Waals surface area (Å²) >= 11 is 0. The zero-order valence-electron chi connectivity index (χ0n) is 8.39. The number of aromatic nitrogens is 1. The van der Waals surface area contributed by atoms with Crippen LogP contribution < -0.4 is 10.5 Å². The van der Waals surface area contributed by atoms with E-state index in [9.17, 15) is 8.42 Å². The lowest BCUT2D eigenvalue weighted by atomic mass is 10.2. The number of sulfonamides is 1. The summed E-state index contributed by atoms with van der Waals surface area (Å²) in [5.74, 6) is 0.0804. The second-order valence-corrected chi connectivity index (χ2v) is 5.03. The van der Waals surface area contributed by atoms with E-state index in [1.54, 1.807) is 24.5 Å². The molecule has 5 nitrogen and oxygen atoms in total. The maximum absolute atomic E-state index is 11.4. The Morgan fingerprint density at radius 2 is 2.00 bits per heavy atom. The normalized spacial score (nSPS) is 11.5. The van der Waals surface area contributed by atoms with Gasteiger partial charge in [-0.3, -0.25) is 4.98 Å². The molecule has 6 heteroatoms. The molecule has 0 radical (unpaired) electrons. The molecule has 0 amide bonds. The van der Waals surface area contributed by atoms with Crippen LogP contribution in [-0.4, -0.2) is 32.2 Å². The van der Waals surface area contributed by atoms with Gasteiger partial charge in [0.25, 0.3) is 0 Å². The Hall–Kier alpha value is -0.980. The first kappa shape index (κ1) is 12.1. The highest BCUT2D eigenvalue weighted by atomic mass is 32.2. The lowest BCUT2D eigenvalue weighted by Crippen LogP contribution is -2.31. The zero-order valence-corrected chi connectivity index (χ0v) is 9.20. The molecule has 1 aromatic heterocycles. The fourth-order valence-corrected chi connectivity index (χ4v) is 2.17. The summed E-state index contributed by atoms with van der Waals surface area (Å²) in [5, 5.41) is 0. The molecule has 1 aromatic rings. The van der Waals surface area contributed by atoms with Crippen molar-refractivity contribution in [1.29, 1.82) is 0 Å². The minimum Gasteiger partial charge on any atom is -0.329 e. The molecule has 0 saturated carbocycles. The van der Waals surface area contributed by atoms with Gasteiger partial charge in [-0.05, 0) is 24.1 Å². The SMILES string of the molecule is NCCNS(=O)(=O)CCc1ccncc1. The molecule has 0 spiro atoms. The van der Waals surface area contributed by atoms with Gasteiger partial charge >= 0.3 is 0 Å². The molecule has 0 aliphatic heterocycles. The van der Waals surface area contributed by atoms with Gasteiger partial charge in [0, 0.05) is 25.5 Å². The number of pyridine rings is 1. The lowest BCUT2D eigenvalue weighted by Gasteiger charge is -2.04. The monoisotopic (exact) mass is 229 g/mol. The largest absolute Gasteiger partial charge is 0.329 e. The molecule has 0 fully saturated rings. The van der Waals surface area contributed by atoms with Gasteiger partial charge in [-0.25, -0.2) is 13.1 Å². The Morgan fingerprint density at radius 1 is 1.33 bits per heavy atom. The highest BCUT2D eigenvalue weighted by molar-refractivity contribution is 7.89. The van der Waals surface area contributed by atoms with E-state index in [0.717, 1.165) is 5.56 Å². The van der Waals surface area contributed by atoms with Crippen LogP contribution in [0.25, 0.3) is 0 Å². The van der Waals surface area contributed by atoms with Gasteiger partial charge in [-0.1, -0.05) is 0 Å². The van der Waals surface area contributed by atoms with E-state index in [-0.39, 0.29) is 5.75 Å². The number of aryl methyl sites for hydroxylation is 1. The molecule has 1 heterocycles. The third-order valence-electron chi connectivity index (χ3n) is 1.88. The van der Waals surface area contributed by atoms with Crippen LogP contribution in [0.15, 0.2) is 24.5 Å². The van der Waals surface area contributed by atoms with Gasteiger partial charge < -0.3 is 5.73 Å². The van der Waals surface area contributed by atoms with Crippen molar-refractivity contribution in [1.82, 2.24) is 9.71 Å². The van der Waals surface area contributed by atoms with E-state index in [2.05, 4.69) is 9.71 Å². The average molecular weight is 229 g/mol. The molecule has 1 rings (SSSR count). The van der Waals surface area contributed by atoms with Crippen molar-refractivity contribution in [2.24, 2.45) is 5.73 Å². The van der Waals surface area contributed by atoms with E-state index in [4.69, 9.17) is 5.73 Å². The molecule has 0 atom stereocenters. The summed E-state index contributed by atoms with van der Waals surface area (Å²) in [6, 6.07) is 3.61. The third kappa shape index (κ3) is 4.87. The number of nitrogens with one attached hydrogen (secondary N) is 1. The number of rotatable bonds is 6. The summed E-state index contributed by atoms with van der Waals surface area (Å²) in [7, 11) is -3.19. The van der Waals surface area contributed by atoms with Gasteiger partial charge in [-0.2, -0.15) is 0 Å². The van der Waals surface area contributed by atoms with Crippen molar-refractivity contribution in [2.75, 3.05) is 18.8 Å². The number of nitrogens with two attached hydrogens (primary N) is 1. The maximum atomic E-state index is 11.4. The summed E-state index contributed by atoms with van der Waals surface area (Å²) in [5.41, 5.74) is 6.17. The second-order valence-electron chi connectivity index (χ2n) is 3.11. The van der Waals surface area contributed by atoms with Crippen LogP contribution in [0, 0.1) is 0 Å². The first-order valence-electron chi connectivity index (χ1n) is 4.70. The minimum absolute atomic E-state index is 0.0804. The van der Waals surface area contributed by atoms with Gasteiger partial charge in [0.15, 0.2) is 0 Å².